The number of rotatable bonds is 5. The van der Waals surface area contributed by atoms with Crippen molar-refractivity contribution < 1.29 is 14.3 Å². The standard InChI is InChI=1S/C21H24N2O3/c1-14(2)20(16-9-5-4-6-10-16)22-19(24)13-23-17-11-7-8-12-18(17)26-15(3)21(23)25/h4-12,14-15,20H,13H2,1-3H3,(H,22,24). The molecule has 0 fully saturated rings. The van der Waals surface area contributed by atoms with Crippen LogP contribution in [0.25, 0.3) is 0 Å². The molecule has 2 atom stereocenters. The maximum absolute atomic E-state index is 12.7. The smallest absolute Gasteiger partial charge is 0.268 e. The molecule has 5 heteroatoms. The SMILES string of the molecule is CC1Oc2ccccc2N(CC(=O)NC(c2ccccc2)C(C)C)C1=O. The second-order valence-corrected chi connectivity index (χ2v) is 6.85. The lowest BCUT2D eigenvalue weighted by molar-refractivity contribution is -0.128. The first-order valence-electron chi connectivity index (χ1n) is 8.88. The molecule has 2 aromatic carbocycles. The summed E-state index contributed by atoms with van der Waals surface area (Å²) in [5, 5.41) is 3.07. The van der Waals surface area contributed by atoms with Gasteiger partial charge in [0.05, 0.1) is 11.7 Å². The first-order chi connectivity index (χ1) is 12.5. The fraction of sp³-hybridized carbons (Fsp3) is 0.333. The molecule has 0 aliphatic carbocycles. The third-order valence-corrected chi connectivity index (χ3v) is 4.52. The highest BCUT2D eigenvalue weighted by Crippen LogP contribution is 2.33. The lowest BCUT2D eigenvalue weighted by atomic mass is 9.96. The molecule has 0 spiro atoms. The fourth-order valence-corrected chi connectivity index (χ4v) is 3.18. The summed E-state index contributed by atoms with van der Waals surface area (Å²) in [6, 6.07) is 17.1. The van der Waals surface area contributed by atoms with Gasteiger partial charge in [0.15, 0.2) is 6.10 Å². The summed E-state index contributed by atoms with van der Waals surface area (Å²) >= 11 is 0. The molecule has 1 heterocycles. The quantitative estimate of drug-likeness (QED) is 0.898. The van der Waals surface area contributed by atoms with Gasteiger partial charge in [-0.15, -0.1) is 0 Å². The number of carbonyl (C=O) groups is 2. The number of benzene rings is 2. The van der Waals surface area contributed by atoms with Crippen molar-refractivity contribution in [2.75, 3.05) is 11.4 Å². The van der Waals surface area contributed by atoms with Crippen LogP contribution in [0.2, 0.25) is 0 Å². The van der Waals surface area contributed by atoms with Crippen molar-refractivity contribution in [3.05, 3.63) is 60.2 Å². The molecule has 5 nitrogen and oxygen atoms in total. The number of para-hydroxylation sites is 2. The molecule has 1 aliphatic heterocycles. The van der Waals surface area contributed by atoms with Gasteiger partial charge in [0.25, 0.3) is 5.91 Å². The molecular weight excluding hydrogens is 328 g/mol. The van der Waals surface area contributed by atoms with E-state index >= 15 is 0 Å². The summed E-state index contributed by atoms with van der Waals surface area (Å²) in [6.07, 6.45) is -0.604. The molecule has 3 rings (SSSR count). The molecule has 2 unspecified atom stereocenters. The molecule has 1 N–H and O–H groups in total. The Labute approximate surface area is 154 Å². The lowest BCUT2D eigenvalue weighted by Crippen LogP contribution is -2.49. The van der Waals surface area contributed by atoms with Crippen molar-refractivity contribution >= 4 is 17.5 Å². The molecule has 1 aliphatic rings. The Morgan fingerprint density at radius 2 is 1.77 bits per heavy atom. The van der Waals surface area contributed by atoms with Crippen molar-refractivity contribution in [3.63, 3.8) is 0 Å². The first kappa shape index (κ1) is 18.0. The Bertz CT molecular complexity index is 789. The van der Waals surface area contributed by atoms with Gasteiger partial charge in [-0.1, -0.05) is 56.3 Å². The molecule has 2 amide bonds. The third kappa shape index (κ3) is 3.72. The van der Waals surface area contributed by atoms with Gasteiger partial charge in [0, 0.05) is 0 Å². The normalized spacial score (nSPS) is 17.5. The van der Waals surface area contributed by atoms with Gasteiger partial charge in [0.2, 0.25) is 5.91 Å². The molecule has 0 saturated heterocycles. The highest BCUT2D eigenvalue weighted by molar-refractivity contribution is 6.03. The van der Waals surface area contributed by atoms with Crippen LogP contribution < -0.4 is 15.0 Å². The van der Waals surface area contributed by atoms with Crippen LogP contribution in [-0.2, 0) is 9.59 Å². The molecule has 0 saturated carbocycles. The minimum Gasteiger partial charge on any atom is -0.479 e. The predicted molar refractivity (Wildman–Crippen MR) is 101 cm³/mol. The van der Waals surface area contributed by atoms with Gasteiger partial charge < -0.3 is 10.1 Å². The molecule has 0 bridgehead atoms. The zero-order valence-electron chi connectivity index (χ0n) is 15.3. The second kappa shape index (κ2) is 7.60. The van der Waals surface area contributed by atoms with Crippen molar-refractivity contribution in [2.24, 2.45) is 5.92 Å². The summed E-state index contributed by atoms with van der Waals surface area (Å²) < 4.78 is 5.62. The minimum absolute atomic E-state index is 0.0282. The van der Waals surface area contributed by atoms with E-state index in [0.29, 0.717) is 11.4 Å². The van der Waals surface area contributed by atoms with E-state index < -0.39 is 6.10 Å². The van der Waals surface area contributed by atoms with Crippen LogP contribution >= 0.6 is 0 Å². The summed E-state index contributed by atoms with van der Waals surface area (Å²) in [6.45, 7) is 5.80. The summed E-state index contributed by atoms with van der Waals surface area (Å²) in [7, 11) is 0. The van der Waals surface area contributed by atoms with Crippen LogP contribution in [-0.4, -0.2) is 24.5 Å². The molecule has 0 aromatic heterocycles. The van der Waals surface area contributed by atoms with Crippen molar-refractivity contribution in [2.45, 2.75) is 32.9 Å². The van der Waals surface area contributed by atoms with Crippen molar-refractivity contribution in [1.29, 1.82) is 0 Å². The predicted octanol–water partition coefficient (Wildman–Crippen LogP) is 3.31. The number of ether oxygens (including phenoxy) is 1. The number of nitrogens with zero attached hydrogens (tertiary/aromatic N) is 1. The number of anilines is 1. The maximum Gasteiger partial charge on any atom is 0.268 e. The van der Waals surface area contributed by atoms with Gasteiger partial charge in [-0.05, 0) is 30.5 Å². The minimum atomic E-state index is -0.604. The summed E-state index contributed by atoms with van der Waals surface area (Å²) in [5.41, 5.74) is 1.68. The average molecular weight is 352 g/mol. The van der Waals surface area contributed by atoms with Gasteiger partial charge in [-0.3, -0.25) is 14.5 Å². The van der Waals surface area contributed by atoms with E-state index in [1.54, 1.807) is 13.0 Å². The highest BCUT2D eigenvalue weighted by atomic mass is 16.5. The van der Waals surface area contributed by atoms with Crippen LogP contribution in [0.15, 0.2) is 54.6 Å². The Hall–Kier alpha value is -2.82. The Morgan fingerprint density at radius 3 is 2.46 bits per heavy atom. The van der Waals surface area contributed by atoms with Gasteiger partial charge in [0.1, 0.15) is 12.3 Å². The van der Waals surface area contributed by atoms with E-state index in [4.69, 9.17) is 4.74 Å². The molecule has 136 valence electrons. The largest absolute Gasteiger partial charge is 0.479 e. The van der Waals surface area contributed by atoms with E-state index in [1.807, 2.05) is 48.5 Å². The number of hydrogen-bond donors (Lipinski definition) is 1. The third-order valence-electron chi connectivity index (χ3n) is 4.52. The lowest BCUT2D eigenvalue weighted by Gasteiger charge is -2.33. The maximum atomic E-state index is 12.7. The summed E-state index contributed by atoms with van der Waals surface area (Å²) in [5.74, 6) is 0.452. The second-order valence-electron chi connectivity index (χ2n) is 6.85. The monoisotopic (exact) mass is 352 g/mol. The highest BCUT2D eigenvalue weighted by Gasteiger charge is 2.33. The molecule has 26 heavy (non-hydrogen) atoms. The number of carbonyl (C=O) groups excluding carboxylic acids is 2. The van der Waals surface area contributed by atoms with Crippen LogP contribution in [0.1, 0.15) is 32.4 Å². The van der Waals surface area contributed by atoms with Crippen LogP contribution in [0.3, 0.4) is 0 Å². The van der Waals surface area contributed by atoms with Gasteiger partial charge >= 0.3 is 0 Å². The van der Waals surface area contributed by atoms with Crippen molar-refractivity contribution in [3.8, 4) is 5.75 Å². The number of amides is 2. The molecule has 2 aromatic rings. The zero-order valence-corrected chi connectivity index (χ0v) is 15.3. The number of fused-ring (bicyclic) bond motifs is 1. The summed E-state index contributed by atoms with van der Waals surface area (Å²) in [4.78, 5) is 26.8. The van der Waals surface area contributed by atoms with E-state index in [-0.39, 0.29) is 30.3 Å². The Balaban J connectivity index is 1.78. The first-order valence-corrected chi connectivity index (χ1v) is 8.88. The number of hydrogen-bond acceptors (Lipinski definition) is 3. The van der Waals surface area contributed by atoms with Gasteiger partial charge in [-0.2, -0.15) is 0 Å². The Kier molecular flexibility index (Phi) is 5.26. The van der Waals surface area contributed by atoms with E-state index in [1.165, 1.54) is 4.90 Å². The average Bonchev–Trinajstić information content (AvgIpc) is 2.64. The Morgan fingerprint density at radius 1 is 1.12 bits per heavy atom. The van der Waals surface area contributed by atoms with Crippen molar-refractivity contribution in [1.82, 2.24) is 5.32 Å². The van der Waals surface area contributed by atoms with E-state index in [9.17, 15) is 9.59 Å². The van der Waals surface area contributed by atoms with Crippen LogP contribution in [0, 0.1) is 5.92 Å². The zero-order chi connectivity index (χ0) is 18.7. The van der Waals surface area contributed by atoms with Crippen LogP contribution in [0.5, 0.6) is 5.75 Å². The fourth-order valence-electron chi connectivity index (χ4n) is 3.18. The van der Waals surface area contributed by atoms with E-state index in [0.717, 1.165) is 5.56 Å². The molecule has 0 radical (unpaired) electrons. The van der Waals surface area contributed by atoms with Gasteiger partial charge in [-0.25, -0.2) is 0 Å². The van der Waals surface area contributed by atoms with E-state index in [2.05, 4.69) is 19.2 Å². The number of nitrogens with one attached hydrogen (secondary N) is 1. The topological polar surface area (TPSA) is 58.6 Å². The molecular formula is C21H24N2O3. The van der Waals surface area contributed by atoms with Crippen LogP contribution in [0.4, 0.5) is 5.69 Å².